The first-order valence-corrected chi connectivity index (χ1v) is 4.66. The predicted octanol–water partition coefficient (Wildman–Crippen LogP) is 1.99. The number of hydrogen-bond donors (Lipinski definition) is 1. The summed E-state index contributed by atoms with van der Waals surface area (Å²) in [7, 11) is 0. The number of pyridine rings is 1. The molecule has 0 aliphatic rings. The van der Waals surface area contributed by atoms with Crippen LogP contribution in [0.3, 0.4) is 0 Å². The number of aromatic amines is 1. The van der Waals surface area contributed by atoms with Crippen LogP contribution in [-0.4, -0.2) is 11.3 Å². The fourth-order valence-corrected chi connectivity index (χ4v) is 1.50. The second-order valence-corrected chi connectivity index (χ2v) is 3.25. The molecule has 0 amide bonds. The molecule has 16 heavy (non-hydrogen) atoms. The Morgan fingerprint density at radius 3 is 2.50 bits per heavy atom. The van der Waals surface area contributed by atoms with E-state index in [0.29, 0.717) is 17.4 Å². The lowest BCUT2D eigenvalue weighted by molar-refractivity contribution is 0.111. The number of aromatic nitrogens is 1. The topological polar surface area (TPSA) is 49.9 Å². The Balaban J connectivity index is 2.69. The number of nitrogens with one attached hydrogen (secondary N) is 1. The SMILES string of the molecule is O=Cc1[nH]c(=O)ccc1-c1ccccc1F. The van der Waals surface area contributed by atoms with Gasteiger partial charge in [-0.25, -0.2) is 4.39 Å². The van der Waals surface area contributed by atoms with Crippen molar-refractivity contribution in [1.82, 2.24) is 4.98 Å². The van der Waals surface area contributed by atoms with Gasteiger partial charge in [-0.3, -0.25) is 9.59 Å². The number of halogens is 1. The Morgan fingerprint density at radius 1 is 1.06 bits per heavy atom. The lowest BCUT2D eigenvalue weighted by Gasteiger charge is -2.05. The predicted molar refractivity (Wildman–Crippen MR) is 57.8 cm³/mol. The van der Waals surface area contributed by atoms with Crippen molar-refractivity contribution >= 4 is 6.29 Å². The van der Waals surface area contributed by atoms with Gasteiger partial charge < -0.3 is 4.98 Å². The monoisotopic (exact) mass is 217 g/mol. The summed E-state index contributed by atoms with van der Waals surface area (Å²) < 4.78 is 13.5. The van der Waals surface area contributed by atoms with Crippen LogP contribution in [0.1, 0.15) is 10.5 Å². The van der Waals surface area contributed by atoms with Gasteiger partial charge in [0.05, 0.1) is 5.69 Å². The number of hydrogen-bond acceptors (Lipinski definition) is 2. The molecular formula is C12H8FNO2. The van der Waals surface area contributed by atoms with Gasteiger partial charge in [-0.15, -0.1) is 0 Å². The van der Waals surface area contributed by atoms with E-state index in [2.05, 4.69) is 4.98 Å². The van der Waals surface area contributed by atoms with Crippen molar-refractivity contribution < 1.29 is 9.18 Å². The fourth-order valence-electron chi connectivity index (χ4n) is 1.50. The standard InChI is InChI=1S/C12H8FNO2/c13-10-4-2-1-3-8(10)9-5-6-12(16)14-11(9)7-15/h1-7H,(H,14,16). The smallest absolute Gasteiger partial charge is 0.248 e. The first-order valence-electron chi connectivity index (χ1n) is 4.66. The lowest BCUT2D eigenvalue weighted by Crippen LogP contribution is -2.08. The number of benzene rings is 1. The van der Waals surface area contributed by atoms with Crippen molar-refractivity contribution in [2.24, 2.45) is 0 Å². The van der Waals surface area contributed by atoms with Gasteiger partial charge in [-0.1, -0.05) is 18.2 Å². The van der Waals surface area contributed by atoms with E-state index in [1.54, 1.807) is 18.2 Å². The van der Waals surface area contributed by atoms with Crippen molar-refractivity contribution in [1.29, 1.82) is 0 Å². The molecule has 1 aromatic heterocycles. The van der Waals surface area contributed by atoms with Crippen molar-refractivity contribution in [3.05, 3.63) is 58.3 Å². The Kier molecular flexibility index (Phi) is 2.64. The highest BCUT2D eigenvalue weighted by Gasteiger charge is 2.09. The average Bonchev–Trinajstić information content (AvgIpc) is 2.30. The minimum atomic E-state index is -0.433. The van der Waals surface area contributed by atoms with E-state index in [0.717, 1.165) is 0 Å². The number of rotatable bonds is 2. The summed E-state index contributed by atoms with van der Waals surface area (Å²) in [6.07, 6.45) is 0.503. The Labute approximate surface area is 90.6 Å². The summed E-state index contributed by atoms with van der Waals surface area (Å²) >= 11 is 0. The van der Waals surface area contributed by atoms with E-state index in [-0.39, 0.29) is 11.3 Å². The third kappa shape index (κ3) is 1.77. The van der Waals surface area contributed by atoms with E-state index in [1.165, 1.54) is 18.2 Å². The van der Waals surface area contributed by atoms with Gasteiger partial charge in [0.15, 0.2) is 6.29 Å². The molecule has 2 aromatic rings. The molecule has 0 unspecified atom stereocenters. The maximum atomic E-state index is 13.5. The van der Waals surface area contributed by atoms with Crippen LogP contribution in [0.5, 0.6) is 0 Å². The maximum Gasteiger partial charge on any atom is 0.248 e. The molecule has 2 rings (SSSR count). The number of carbonyl (C=O) groups excluding carboxylic acids is 1. The van der Waals surface area contributed by atoms with Crippen LogP contribution >= 0.6 is 0 Å². The van der Waals surface area contributed by atoms with Gasteiger partial charge in [0.1, 0.15) is 5.82 Å². The second kappa shape index (κ2) is 4.10. The highest BCUT2D eigenvalue weighted by atomic mass is 19.1. The van der Waals surface area contributed by atoms with Crippen molar-refractivity contribution in [3.63, 3.8) is 0 Å². The molecule has 0 aliphatic heterocycles. The molecule has 0 aliphatic carbocycles. The molecule has 0 saturated heterocycles. The summed E-state index contributed by atoms with van der Waals surface area (Å²) in [6.45, 7) is 0. The van der Waals surface area contributed by atoms with Gasteiger partial charge in [-0.05, 0) is 12.1 Å². The molecule has 1 N–H and O–H groups in total. The first-order chi connectivity index (χ1) is 7.72. The van der Waals surface area contributed by atoms with Crippen LogP contribution < -0.4 is 5.56 Å². The van der Waals surface area contributed by atoms with E-state index in [9.17, 15) is 14.0 Å². The largest absolute Gasteiger partial charge is 0.319 e. The van der Waals surface area contributed by atoms with E-state index < -0.39 is 5.82 Å². The molecule has 0 bridgehead atoms. The maximum absolute atomic E-state index is 13.5. The van der Waals surface area contributed by atoms with Gasteiger partial charge in [-0.2, -0.15) is 0 Å². The molecule has 0 fully saturated rings. The summed E-state index contributed by atoms with van der Waals surface area (Å²) in [4.78, 5) is 24.1. The molecule has 0 saturated carbocycles. The van der Waals surface area contributed by atoms with E-state index in [4.69, 9.17) is 0 Å². The molecule has 1 heterocycles. The Morgan fingerprint density at radius 2 is 1.81 bits per heavy atom. The molecule has 0 atom stereocenters. The number of carbonyl (C=O) groups is 1. The number of H-pyrrole nitrogens is 1. The molecule has 1 aromatic carbocycles. The molecule has 4 heteroatoms. The summed E-state index contributed by atoms with van der Waals surface area (Å²) in [5.41, 5.74) is 0.369. The van der Waals surface area contributed by atoms with Crippen molar-refractivity contribution in [2.75, 3.05) is 0 Å². The van der Waals surface area contributed by atoms with Crippen molar-refractivity contribution in [2.45, 2.75) is 0 Å². The normalized spacial score (nSPS) is 10.1. The molecule has 0 radical (unpaired) electrons. The zero-order valence-electron chi connectivity index (χ0n) is 8.24. The van der Waals surface area contributed by atoms with Crippen LogP contribution in [0.15, 0.2) is 41.2 Å². The highest BCUT2D eigenvalue weighted by Crippen LogP contribution is 2.23. The van der Waals surface area contributed by atoms with Crippen molar-refractivity contribution in [3.8, 4) is 11.1 Å². The summed E-state index contributed by atoms with van der Waals surface area (Å²) in [6, 6.07) is 8.77. The minimum Gasteiger partial charge on any atom is -0.319 e. The van der Waals surface area contributed by atoms with Crippen LogP contribution in [0.4, 0.5) is 4.39 Å². The van der Waals surface area contributed by atoms with Crippen LogP contribution in [0, 0.1) is 5.82 Å². The molecular weight excluding hydrogens is 209 g/mol. The quantitative estimate of drug-likeness (QED) is 0.782. The first kappa shape index (κ1) is 10.3. The second-order valence-electron chi connectivity index (χ2n) is 3.25. The van der Waals surface area contributed by atoms with E-state index >= 15 is 0 Å². The summed E-state index contributed by atoms with van der Waals surface area (Å²) in [5, 5.41) is 0. The third-order valence-corrected chi connectivity index (χ3v) is 2.23. The van der Waals surface area contributed by atoms with Crippen LogP contribution in [0.2, 0.25) is 0 Å². The Bertz CT molecular complexity index is 590. The van der Waals surface area contributed by atoms with Gasteiger partial charge in [0, 0.05) is 17.2 Å². The summed E-state index contributed by atoms with van der Waals surface area (Å²) in [5.74, 6) is -0.433. The Hall–Kier alpha value is -2.23. The lowest BCUT2D eigenvalue weighted by atomic mass is 10.0. The minimum absolute atomic E-state index is 0.0811. The zero-order valence-corrected chi connectivity index (χ0v) is 8.24. The van der Waals surface area contributed by atoms with Crippen LogP contribution in [-0.2, 0) is 0 Å². The van der Waals surface area contributed by atoms with Gasteiger partial charge >= 0.3 is 0 Å². The number of aldehydes is 1. The van der Waals surface area contributed by atoms with E-state index in [1.807, 2.05) is 0 Å². The molecule has 3 nitrogen and oxygen atoms in total. The van der Waals surface area contributed by atoms with Crippen LogP contribution in [0.25, 0.3) is 11.1 Å². The average molecular weight is 217 g/mol. The fraction of sp³-hybridized carbons (Fsp3) is 0. The molecule has 0 spiro atoms. The van der Waals surface area contributed by atoms with Gasteiger partial charge in [0.2, 0.25) is 5.56 Å². The zero-order chi connectivity index (χ0) is 11.5. The molecule has 80 valence electrons. The third-order valence-electron chi connectivity index (χ3n) is 2.23. The highest BCUT2D eigenvalue weighted by molar-refractivity contribution is 5.85. The van der Waals surface area contributed by atoms with Gasteiger partial charge in [0.25, 0.3) is 0 Å².